The zero-order valence-corrected chi connectivity index (χ0v) is 26.7. The Hall–Kier alpha value is -4.21. The number of hydrogen-bond acceptors (Lipinski definition) is 11. The maximum atomic E-state index is 12.1. The Morgan fingerprint density at radius 3 is 1.58 bits per heavy atom. The zero-order valence-electron chi connectivity index (χ0n) is 22.7. The second-order valence-corrected chi connectivity index (χ2v) is 11.0. The van der Waals surface area contributed by atoms with E-state index < -0.39 is 11.8 Å². The van der Waals surface area contributed by atoms with Crippen LogP contribution in [0.4, 0.5) is 0 Å². The standard InChI is InChI=1S/C28H24Br2N4O8S/c1-37-23-11-17(29)3-7-21(23)39-15-25(35)33-31-13-19-5-9-27(41-19)43-28-10-6-20(42-28)14-32-34-26(36)16-40-22-8-4-18(30)12-24(22)38-2/h3-14H,15-16H2,1-2H3,(H,33,35)(H,34,36)/b31-13+,32-14+. The topological polar surface area (TPSA) is 146 Å². The molecule has 2 heterocycles. The predicted molar refractivity (Wildman–Crippen MR) is 165 cm³/mol. The number of halogens is 2. The number of rotatable bonds is 14. The highest BCUT2D eigenvalue weighted by Gasteiger charge is 2.10. The second kappa shape index (κ2) is 15.9. The Labute approximate surface area is 267 Å². The molecular weight excluding hydrogens is 712 g/mol. The number of methoxy groups -OCH3 is 2. The van der Waals surface area contributed by atoms with E-state index in [4.69, 9.17) is 27.8 Å². The summed E-state index contributed by atoms with van der Waals surface area (Å²) in [5, 5.41) is 8.84. The van der Waals surface area contributed by atoms with E-state index in [9.17, 15) is 9.59 Å². The van der Waals surface area contributed by atoms with E-state index in [1.165, 1.54) is 38.4 Å². The minimum absolute atomic E-state index is 0.253. The zero-order chi connectivity index (χ0) is 30.6. The van der Waals surface area contributed by atoms with Crippen molar-refractivity contribution in [1.82, 2.24) is 10.9 Å². The summed E-state index contributed by atoms with van der Waals surface area (Å²) in [6.07, 6.45) is 2.73. The minimum atomic E-state index is -0.458. The highest BCUT2D eigenvalue weighted by atomic mass is 79.9. The molecular formula is C28H24Br2N4O8S. The first-order chi connectivity index (χ1) is 20.8. The first-order valence-electron chi connectivity index (χ1n) is 12.3. The van der Waals surface area contributed by atoms with Crippen LogP contribution in [0, 0.1) is 0 Å². The third kappa shape index (κ3) is 9.94. The third-order valence-electron chi connectivity index (χ3n) is 5.14. The first-order valence-corrected chi connectivity index (χ1v) is 14.7. The van der Waals surface area contributed by atoms with Gasteiger partial charge in [0.15, 0.2) is 46.4 Å². The smallest absolute Gasteiger partial charge is 0.277 e. The first kappa shape index (κ1) is 31.7. The van der Waals surface area contributed by atoms with E-state index in [1.54, 1.807) is 60.7 Å². The average Bonchev–Trinajstić information content (AvgIpc) is 3.64. The van der Waals surface area contributed by atoms with Crippen LogP contribution < -0.4 is 29.8 Å². The number of carbonyl (C=O) groups is 2. The maximum absolute atomic E-state index is 12.1. The molecule has 0 bridgehead atoms. The molecule has 43 heavy (non-hydrogen) atoms. The lowest BCUT2D eigenvalue weighted by molar-refractivity contribution is -0.123. The molecule has 2 N–H and O–H groups in total. The number of ether oxygens (including phenoxy) is 4. The molecule has 4 rings (SSSR count). The van der Waals surface area contributed by atoms with Crippen molar-refractivity contribution >= 4 is 67.9 Å². The molecule has 2 aromatic carbocycles. The largest absolute Gasteiger partial charge is 0.493 e. The van der Waals surface area contributed by atoms with Crippen molar-refractivity contribution in [3.63, 3.8) is 0 Å². The molecule has 0 fully saturated rings. The Bertz CT molecular complexity index is 1500. The molecule has 4 aromatic rings. The summed E-state index contributed by atoms with van der Waals surface area (Å²) in [6.45, 7) is -0.505. The van der Waals surface area contributed by atoms with Crippen LogP contribution in [0.15, 0.2) is 98.8 Å². The number of benzene rings is 2. The van der Waals surface area contributed by atoms with Crippen LogP contribution in [-0.4, -0.2) is 51.7 Å². The van der Waals surface area contributed by atoms with Gasteiger partial charge in [0.05, 0.1) is 26.6 Å². The van der Waals surface area contributed by atoms with Crippen LogP contribution in [0.25, 0.3) is 0 Å². The van der Waals surface area contributed by atoms with E-state index in [0.717, 1.165) is 8.95 Å². The second-order valence-electron chi connectivity index (χ2n) is 8.17. The summed E-state index contributed by atoms with van der Waals surface area (Å²) < 4.78 is 34.4. The molecule has 12 nitrogen and oxygen atoms in total. The number of carbonyl (C=O) groups excluding carboxylic acids is 2. The number of hydrazone groups is 2. The fraction of sp³-hybridized carbons (Fsp3) is 0.143. The Balaban J connectivity index is 1.18. The summed E-state index contributed by atoms with van der Waals surface area (Å²) >= 11 is 7.92. The van der Waals surface area contributed by atoms with Gasteiger partial charge in [-0.3, -0.25) is 9.59 Å². The number of hydrogen-bond donors (Lipinski definition) is 2. The number of amides is 2. The van der Waals surface area contributed by atoms with Gasteiger partial charge in [-0.1, -0.05) is 31.9 Å². The quantitative estimate of drug-likeness (QED) is 0.124. The normalized spacial score (nSPS) is 11.1. The van der Waals surface area contributed by atoms with E-state index in [-0.39, 0.29) is 13.2 Å². The highest BCUT2D eigenvalue weighted by Crippen LogP contribution is 2.32. The lowest BCUT2D eigenvalue weighted by Gasteiger charge is -2.09. The fourth-order valence-corrected chi connectivity index (χ4v) is 4.65. The van der Waals surface area contributed by atoms with Gasteiger partial charge >= 0.3 is 0 Å². The summed E-state index contributed by atoms with van der Waals surface area (Å²) in [7, 11) is 3.03. The predicted octanol–water partition coefficient (Wildman–Crippen LogP) is 5.62. The molecule has 0 saturated heterocycles. The Kier molecular flexibility index (Phi) is 11.7. The average molecular weight is 736 g/mol. The molecule has 0 aliphatic heterocycles. The highest BCUT2D eigenvalue weighted by molar-refractivity contribution is 9.10. The summed E-state index contributed by atoms with van der Waals surface area (Å²) in [6, 6.07) is 17.2. The van der Waals surface area contributed by atoms with E-state index in [1.807, 2.05) is 0 Å². The number of nitrogens with one attached hydrogen (secondary N) is 2. The van der Waals surface area contributed by atoms with Crippen LogP contribution in [-0.2, 0) is 9.59 Å². The third-order valence-corrected chi connectivity index (χ3v) is 6.96. The molecule has 15 heteroatoms. The molecule has 2 aromatic heterocycles. The van der Waals surface area contributed by atoms with Crippen LogP contribution in [0.2, 0.25) is 0 Å². The molecule has 2 amide bonds. The van der Waals surface area contributed by atoms with Crippen molar-refractivity contribution in [3.05, 3.63) is 81.1 Å². The van der Waals surface area contributed by atoms with Gasteiger partial charge < -0.3 is 27.8 Å². The van der Waals surface area contributed by atoms with Gasteiger partial charge in [-0.05, 0) is 72.4 Å². The molecule has 0 saturated carbocycles. The molecule has 224 valence electrons. The monoisotopic (exact) mass is 734 g/mol. The molecule has 0 aliphatic rings. The van der Waals surface area contributed by atoms with Crippen molar-refractivity contribution in [2.24, 2.45) is 10.2 Å². The summed E-state index contributed by atoms with van der Waals surface area (Å²) in [4.78, 5) is 24.1. The fourth-order valence-electron chi connectivity index (χ4n) is 3.22. The SMILES string of the molecule is COc1cc(Br)ccc1OCC(=O)N/N=C/c1ccc(Sc2ccc(/C=N/NC(=O)COc3ccc(Br)cc3OC)o2)o1. The van der Waals surface area contributed by atoms with Crippen LogP contribution in [0.5, 0.6) is 23.0 Å². The molecule has 0 aliphatic carbocycles. The van der Waals surface area contributed by atoms with Crippen molar-refractivity contribution in [3.8, 4) is 23.0 Å². The van der Waals surface area contributed by atoms with Gasteiger partial charge in [0.25, 0.3) is 11.8 Å². The van der Waals surface area contributed by atoms with Gasteiger partial charge in [0.1, 0.15) is 11.5 Å². The number of furan rings is 2. The van der Waals surface area contributed by atoms with E-state index >= 15 is 0 Å². The van der Waals surface area contributed by atoms with Crippen molar-refractivity contribution < 1.29 is 37.4 Å². The van der Waals surface area contributed by atoms with Crippen LogP contribution in [0.3, 0.4) is 0 Å². The van der Waals surface area contributed by atoms with Crippen molar-refractivity contribution in [2.45, 2.75) is 10.2 Å². The van der Waals surface area contributed by atoms with Crippen LogP contribution in [0.1, 0.15) is 11.5 Å². The van der Waals surface area contributed by atoms with E-state index in [0.29, 0.717) is 44.7 Å². The minimum Gasteiger partial charge on any atom is -0.493 e. The Morgan fingerprint density at radius 2 is 1.16 bits per heavy atom. The molecule has 0 spiro atoms. The maximum Gasteiger partial charge on any atom is 0.277 e. The van der Waals surface area contributed by atoms with E-state index in [2.05, 4.69) is 52.9 Å². The Morgan fingerprint density at radius 1 is 0.721 bits per heavy atom. The molecule has 0 radical (unpaired) electrons. The lowest BCUT2D eigenvalue weighted by Crippen LogP contribution is -2.24. The van der Waals surface area contributed by atoms with Crippen molar-refractivity contribution in [2.75, 3.05) is 27.4 Å². The van der Waals surface area contributed by atoms with Crippen molar-refractivity contribution in [1.29, 1.82) is 0 Å². The van der Waals surface area contributed by atoms with Gasteiger partial charge in [0, 0.05) is 8.95 Å². The molecule has 0 atom stereocenters. The van der Waals surface area contributed by atoms with Gasteiger partial charge in [-0.25, -0.2) is 10.9 Å². The van der Waals surface area contributed by atoms with Gasteiger partial charge in [0.2, 0.25) is 0 Å². The molecule has 0 unspecified atom stereocenters. The summed E-state index contributed by atoms with van der Waals surface area (Å²) in [5.41, 5.74) is 4.75. The lowest BCUT2D eigenvalue weighted by atomic mass is 10.3. The van der Waals surface area contributed by atoms with Gasteiger partial charge in [-0.2, -0.15) is 10.2 Å². The van der Waals surface area contributed by atoms with Crippen LogP contribution >= 0.6 is 43.6 Å². The van der Waals surface area contributed by atoms with Gasteiger partial charge in [-0.15, -0.1) is 0 Å². The summed E-state index contributed by atoms with van der Waals surface area (Å²) in [5.74, 6) is 1.76. The number of nitrogens with zero attached hydrogens (tertiary/aromatic N) is 2.